The van der Waals surface area contributed by atoms with Gasteiger partial charge in [-0.15, -0.1) is 0 Å². The molecule has 0 saturated carbocycles. The molecule has 2 aromatic heterocycles. The maximum atomic E-state index is 6.20. The lowest BCUT2D eigenvalue weighted by Crippen LogP contribution is -2.44. The number of fused-ring (bicyclic) bond motifs is 1. The number of benzene rings is 1. The van der Waals surface area contributed by atoms with Crippen LogP contribution in [0.4, 0.5) is 11.8 Å². The highest BCUT2D eigenvalue weighted by Gasteiger charge is 2.20. The van der Waals surface area contributed by atoms with Crippen molar-refractivity contribution in [2.75, 3.05) is 36.8 Å². The zero-order valence-electron chi connectivity index (χ0n) is 13.0. The fraction of sp³-hybridized carbons (Fsp3) is 0.312. The van der Waals surface area contributed by atoms with Crippen LogP contribution in [0.25, 0.3) is 22.3 Å². The Kier molecular flexibility index (Phi) is 3.34. The van der Waals surface area contributed by atoms with Crippen LogP contribution < -0.4 is 16.0 Å². The smallest absolute Gasteiger partial charge is 0.228 e. The molecule has 1 aliphatic heterocycles. The molecule has 7 heteroatoms. The van der Waals surface area contributed by atoms with E-state index in [1.54, 1.807) is 4.68 Å². The first kappa shape index (κ1) is 14.0. The van der Waals surface area contributed by atoms with Gasteiger partial charge in [-0.3, -0.25) is 4.68 Å². The number of rotatable bonds is 2. The summed E-state index contributed by atoms with van der Waals surface area (Å²) in [6.07, 6.45) is 0. The standard InChI is InChI=1S/C16H19N7/c1-22-14(17)12-13(11-5-3-2-4-6-11)19-16(20-15(12)21-22)23-9-7-18-8-10-23/h2-6,18H,7-10,17H2,1H3. The van der Waals surface area contributed by atoms with E-state index in [4.69, 9.17) is 10.7 Å². The third-order valence-electron chi connectivity index (χ3n) is 4.17. The molecule has 1 saturated heterocycles. The van der Waals surface area contributed by atoms with Gasteiger partial charge in [-0.05, 0) is 0 Å². The third-order valence-corrected chi connectivity index (χ3v) is 4.17. The lowest BCUT2D eigenvalue weighted by molar-refractivity contribution is 0.580. The Morgan fingerprint density at radius 3 is 2.57 bits per heavy atom. The van der Waals surface area contributed by atoms with Gasteiger partial charge in [0.05, 0.1) is 11.1 Å². The van der Waals surface area contributed by atoms with Crippen molar-refractivity contribution in [3.05, 3.63) is 30.3 Å². The monoisotopic (exact) mass is 309 g/mol. The first-order valence-corrected chi connectivity index (χ1v) is 7.75. The lowest BCUT2D eigenvalue weighted by Gasteiger charge is -2.27. The molecule has 0 radical (unpaired) electrons. The Morgan fingerprint density at radius 1 is 1.09 bits per heavy atom. The minimum atomic E-state index is 0.589. The second-order valence-corrected chi connectivity index (χ2v) is 5.68. The molecule has 118 valence electrons. The Labute approximate surface area is 134 Å². The van der Waals surface area contributed by atoms with Crippen molar-refractivity contribution < 1.29 is 0 Å². The number of hydrogen-bond acceptors (Lipinski definition) is 6. The van der Waals surface area contributed by atoms with Gasteiger partial charge in [-0.1, -0.05) is 30.3 Å². The molecule has 3 aromatic rings. The molecule has 3 N–H and O–H groups in total. The molecule has 0 aliphatic carbocycles. The Balaban J connectivity index is 1.94. The Bertz CT molecular complexity index is 835. The molecule has 1 aromatic carbocycles. The van der Waals surface area contributed by atoms with Gasteiger partial charge in [0.25, 0.3) is 0 Å². The summed E-state index contributed by atoms with van der Waals surface area (Å²) >= 11 is 0. The quantitative estimate of drug-likeness (QED) is 0.735. The number of hydrogen-bond donors (Lipinski definition) is 2. The van der Waals surface area contributed by atoms with Crippen molar-refractivity contribution >= 4 is 22.8 Å². The molecular weight excluding hydrogens is 290 g/mol. The average molecular weight is 309 g/mol. The summed E-state index contributed by atoms with van der Waals surface area (Å²) in [6, 6.07) is 10.1. The van der Waals surface area contributed by atoms with Gasteiger partial charge in [-0.25, -0.2) is 4.98 Å². The first-order valence-electron chi connectivity index (χ1n) is 7.75. The topological polar surface area (TPSA) is 84.9 Å². The van der Waals surface area contributed by atoms with Gasteiger partial charge in [0.1, 0.15) is 5.82 Å². The summed E-state index contributed by atoms with van der Waals surface area (Å²) in [5.74, 6) is 1.31. The number of anilines is 2. The molecule has 0 bridgehead atoms. The zero-order valence-corrected chi connectivity index (χ0v) is 13.0. The first-order chi connectivity index (χ1) is 11.2. The lowest BCUT2D eigenvalue weighted by atomic mass is 10.1. The number of aromatic nitrogens is 4. The molecule has 23 heavy (non-hydrogen) atoms. The van der Waals surface area contributed by atoms with Crippen LogP contribution in [0, 0.1) is 0 Å². The SMILES string of the molecule is Cn1nc2nc(N3CCNCC3)nc(-c3ccccc3)c2c1N. The summed E-state index contributed by atoms with van der Waals surface area (Å²) in [5.41, 5.74) is 8.71. The van der Waals surface area contributed by atoms with Gasteiger partial charge in [0.2, 0.25) is 5.95 Å². The maximum absolute atomic E-state index is 6.20. The van der Waals surface area contributed by atoms with Crippen LogP contribution in [-0.2, 0) is 7.05 Å². The minimum absolute atomic E-state index is 0.589. The highest BCUT2D eigenvalue weighted by Crippen LogP contribution is 2.31. The number of nitrogen functional groups attached to an aromatic ring is 1. The molecule has 1 aliphatic rings. The third kappa shape index (κ3) is 2.39. The number of aryl methyl sites for hydroxylation is 1. The maximum Gasteiger partial charge on any atom is 0.228 e. The molecule has 1 fully saturated rings. The van der Waals surface area contributed by atoms with Crippen LogP contribution in [0.1, 0.15) is 0 Å². The Hall–Kier alpha value is -2.67. The van der Waals surface area contributed by atoms with E-state index in [0.717, 1.165) is 48.8 Å². The van der Waals surface area contributed by atoms with Crippen molar-refractivity contribution in [3.63, 3.8) is 0 Å². The summed E-state index contributed by atoms with van der Waals surface area (Å²) in [5, 5.41) is 8.61. The van der Waals surface area contributed by atoms with Gasteiger partial charge >= 0.3 is 0 Å². The number of nitrogens with two attached hydrogens (primary N) is 1. The predicted octanol–water partition coefficient (Wildman–Crippen LogP) is 1.02. The highest BCUT2D eigenvalue weighted by atomic mass is 15.3. The number of piperazine rings is 1. The molecule has 0 spiro atoms. The van der Waals surface area contributed by atoms with Gasteiger partial charge < -0.3 is 16.0 Å². The van der Waals surface area contributed by atoms with Crippen LogP contribution in [0.2, 0.25) is 0 Å². The van der Waals surface area contributed by atoms with Crippen LogP contribution in [0.5, 0.6) is 0 Å². The van der Waals surface area contributed by atoms with Crippen molar-refractivity contribution in [2.24, 2.45) is 7.05 Å². The highest BCUT2D eigenvalue weighted by molar-refractivity contribution is 5.98. The number of nitrogens with zero attached hydrogens (tertiary/aromatic N) is 5. The molecular formula is C16H19N7. The fourth-order valence-corrected chi connectivity index (χ4v) is 2.91. The predicted molar refractivity (Wildman–Crippen MR) is 91.2 cm³/mol. The largest absolute Gasteiger partial charge is 0.383 e. The van der Waals surface area contributed by atoms with E-state index in [1.165, 1.54) is 0 Å². The molecule has 7 nitrogen and oxygen atoms in total. The van der Waals surface area contributed by atoms with E-state index in [1.807, 2.05) is 37.4 Å². The summed E-state index contributed by atoms with van der Waals surface area (Å²) in [7, 11) is 1.83. The molecule has 0 unspecified atom stereocenters. The van der Waals surface area contributed by atoms with Gasteiger partial charge in [0, 0.05) is 38.8 Å². The van der Waals surface area contributed by atoms with E-state index in [9.17, 15) is 0 Å². The minimum Gasteiger partial charge on any atom is -0.383 e. The van der Waals surface area contributed by atoms with Crippen LogP contribution in [0.15, 0.2) is 30.3 Å². The van der Waals surface area contributed by atoms with Gasteiger partial charge in [-0.2, -0.15) is 10.1 Å². The van der Waals surface area contributed by atoms with Crippen molar-refractivity contribution in [1.29, 1.82) is 0 Å². The van der Waals surface area contributed by atoms with E-state index in [-0.39, 0.29) is 0 Å². The second-order valence-electron chi connectivity index (χ2n) is 5.68. The van der Waals surface area contributed by atoms with Crippen molar-refractivity contribution in [2.45, 2.75) is 0 Å². The van der Waals surface area contributed by atoms with E-state index >= 15 is 0 Å². The summed E-state index contributed by atoms with van der Waals surface area (Å²) in [4.78, 5) is 11.7. The van der Waals surface area contributed by atoms with Crippen molar-refractivity contribution in [3.8, 4) is 11.3 Å². The molecule has 3 heterocycles. The van der Waals surface area contributed by atoms with Crippen LogP contribution in [-0.4, -0.2) is 45.9 Å². The van der Waals surface area contributed by atoms with Crippen molar-refractivity contribution in [1.82, 2.24) is 25.1 Å². The molecule has 4 rings (SSSR count). The average Bonchev–Trinajstić information content (AvgIpc) is 2.90. The zero-order chi connectivity index (χ0) is 15.8. The van der Waals surface area contributed by atoms with E-state index in [0.29, 0.717) is 11.5 Å². The fourth-order valence-electron chi connectivity index (χ4n) is 2.91. The van der Waals surface area contributed by atoms with Crippen LogP contribution in [0.3, 0.4) is 0 Å². The van der Waals surface area contributed by atoms with E-state index in [2.05, 4.69) is 20.3 Å². The van der Waals surface area contributed by atoms with E-state index < -0.39 is 0 Å². The normalized spacial score (nSPS) is 15.3. The molecule has 0 amide bonds. The second kappa shape index (κ2) is 5.51. The molecule has 0 atom stereocenters. The summed E-state index contributed by atoms with van der Waals surface area (Å²) < 4.78 is 1.66. The number of nitrogens with one attached hydrogen (secondary N) is 1. The Morgan fingerprint density at radius 2 is 1.83 bits per heavy atom. The summed E-state index contributed by atoms with van der Waals surface area (Å²) in [6.45, 7) is 3.66. The van der Waals surface area contributed by atoms with Gasteiger partial charge in [0.15, 0.2) is 5.65 Å². The van der Waals surface area contributed by atoms with Crippen LogP contribution >= 0.6 is 0 Å².